The number of H-pyrrole nitrogens is 1. The van der Waals surface area contributed by atoms with E-state index >= 15 is 0 Å². The van der Waals surface area contributed by atoms with Gasteiger partial charge in [-0.25, -0.2) is 9.97 Å². The van der Waals surface area contributed by atoms with Crippen molar-refractivity contribution in [2.24, 2.45) is 0 Å². The zero-order valence-electron chi connectivity index (χ0n) is 15.7. The molecule has 1 saturated heterocycles. The van der Waals surface area contributed by atoms with Gasteiger partial charge in [0.1, 0.15) is 17.3 Å². The standard InChI is InChI=1S/C19H26N6O/c1-12(2)18-20-13(3)10-17(21-18)24-6-8-25(9-7-24)19(26)16-11-15(22-23-16)14-4-5-14/h10-12,14H,4-9H2,1-3H3,(H,22,23). The number of aromatic amines is 1. The molecular formula is C19H26N6O. The molecule has 2 fully saturated rings. The van der Waals surface area contributed by atoms with Gasteiger partial charge in [0.2, 0.25) is 0 Å². The van der Waals surface area contributed by atoms with E-state index in [1.54, 1.807) is 0 Å². The number of nitrogens with zero attached hydrogens (tertiary/aromatic N) is 5. The minimum absolute atomic E-state index is 0.0227. The molecule has 2 aliphatic rings. The molecule has 0 bridgehead atoms. The van der Waals surface area contributed by atoms with Crippen LogP contribution in [0.5, 0.6) is 0 Å². The largest absolute Gasteiger partial charge is 0.353 e. The van der Waals surface area contributed by atoms with Crippen LogP contribution < -0.4 is 4.90 Å². The highest BCUT2D eigenvalue weighted by molar-refractivity contribution is 5.92. The molecule has 7 nitrogen and oxygen atoms in total. The van der Waals surface area contributed by atoms with Crippen LogP contribution in [-0.2, 0) is 0 Å². The second kappa shape index (κ2) is 6.70. The van der Waals surface area contributed by atoms with E-state index in [0.29, 0.717) is 30.6 Å². The lowest BCUT2D eigenvalue weighted by Gasteiger charge is -2.35. The normalized spacial score (nSPS) is 17.8. The topological polar surface area (TPSA) is 78.0 Å². The van der Waals surface area contributed by atoms with Gasteiger partial charge in [0, 0.05) is 55.5 Å². The molecule has 4 rings (SSSR count). The van der Waals surface area contributed by atoms with Gasteiger partial charge in [0.15, 0.2) is 0 Å². The third-order valence-electron chi connectivity index (χ3n) is 5.10. The third kappa shape index (κ3) is 3.43. The first kappa shape index (κ1) is 17.0. The Hall–Kier alpha value is -2.44. The van der Waals surface area contributed by atoms with Crippen LogP contribution in [0, 0.1) is 6.92 Å². The molecule has 0 atom stereocenters. The Morgan fingerprint density at radius 1 is 1.15 bits per heavy atom. The number of rotatable bonds is 4. The molecule has 2 aromatic heterocycles. The Bertz CT molecular complexity index is 802. The molecule has 2 aromatic rings. The molecule has 0 unspecified atom stereocenters. The molecule has 7 heteroatoms. The molecule has 1 aliphatic heterocycles. The predicted molar refractivity (Wildman–Crippen MR) is 99.5 cm³/mol. The highest BCUT2D eigenvalue weighted by Crippen LogP contribution is 2.39. The van der Waals surface area contributed by atoms with Crippen molar-refractivity contribution in [1.29, 1.82) is 0 Å². The van der Waals surface area contributed by atoms with Crippen molar-refractivity contribution in [2.75, 3.05) is 31.1 Å². The Kier molecular flexibility index (Phi) is 4.38. The van der Waals surface area contributed by atoms with Crippen molar-refractivity contribution < 1.29 is 4.79 Å². The van der Waals surface area contributed by atoms with Crippen LogP contribution in [0.2, 0.25) is 0 Å². The second-order valence-corrected chi connectivity index (χ2v) is 7.64. The summed E-state index contributed by atoms with van der Waals surface area (Å²) in [5, 5.41) is 7.24. The third-order valence-corrected chi connectivity index (χ3v) is 5.10. The van der Waals surface area contributed by atoms with Gasteiger partial charge in [-0.3, -0.25) is 9.89 Å². The van der Waals surface area contributed by atoms with Gasteiger partial charge in [-0.1, -0.05) is 13.8 Å². The fourth-order valence-corrected chi connectivity index (χ4v) is 3.34. The van der Waals surface area contributed by atoms with E-state index in [1.165, 1.54) is 12.8 Å². The summed E-state index contributed by atoms with van der Waals surface area (Å²) < 4.78 is 0. The maximum absolute atomic E-state index is 12.7. The lowest BCUT2D eigenvalue weighted by atomic mass is 10.2. The fourth-order valence-electron chi connectivity index (χ4n) is 3.34. The molecule has 3 heterocycles. The van der Waals surface area contributed by atoms with Crippen molar-refractivity contribution in [3.8, 4) is 0 Å². The van der Waals surface area contributed by atoms with Crippen molar-refractivity contribution in [3.05, 3.63) is 35.0 Å². The van der Waals surface area contributed by atoms with Gasteiger partial charge >= 0.3 is 0 Å². The van der Waals surface area contributed by atoms with E-state index < -0.39 is 0 Å². The van der Waals surface area contributed by atoms with Gasteiger partial charge in [-0.2, -0.15) is 5.10 Å². The Labute approximate surface area is 153 Å². The number of piperazine rings is 1. The van der Waals surface area contributed by atoms with Gasteiger partial charge in [0.05, 0.1) is 0 Å². The molecule has 1 saturated carbocycles. The number of anilines is 1. The van der Waals surface area contributed by atoms with E-state index in [-0.39, 0.29) is 5.91 Å². The summed E-state index contributed by atoms with van der Waals surface area (Å²) in [6, 6.07) is 3.95. The molecule has 0 spiro atoms. The van der Waals surface area contributed by atoms with Gasteiger partial charge in [-0.15, -0.1) is 0 Å². The summed E-state index contributed by atoms with van der Waals surface area (Å²) in [6.07, 6.45) is 2.40. The number of carbonyl (C=O) groups excluding carboxylic acids is 1. The zero-order chi connectivity index (χ0) is 18.3. The summed E-state index contributed by atoms with van der Waals surface area (Å²) in [5.41, 5.74) is 2.63. The first-order valence-corrected chi connectivity index (χ1v) is 9.46. The van der Waals surface area contributed by atoms with Crippen molar-refractivity contribution in [3.63, 3.8) is 0 Å². The van der Waals surface area contributed by atoms with Crippen LogP contribution in [0.3, 0.4) is 0 Å². The summed E-state index contributed by atoms with van der Waals surface area (Å²) in [6.45, 7) is 9.14. The van der Waals surface area contributed by atoms with Gasteiger partial charge in [-0.05, 0) is 25.8 Å². The number of hydrogen-bond acceptors (Lipinski definition) is 5. The number of hydrogen-bond donors (Lipinski definition) is 1. The molecule has 138 valence electrons. The molecule has 1 aliphatic carbocycles. The van der Waals surface area contributed by atoms with E-state index in [2.05, 4.69) is 33.9 Å². The fraction of sp³-hybridized carbons (Fsp3) is 0.579. The first-order chi connectivity index (χ1) is 12.5. The summed E-state index contributed by atoms with van der Waals surface area (Å²) >= 11 is 0. The van der Waals surface area contributed by atoms with Crippen molar-refractivity contribution in [1.82, 2.24) is 25.1 Å². The number of nitrogens with one attached hydrogen (secondary N) is 1. The smallest absolute Gasteiger partial charge is 0.274 e. The van der Waals surface area contributed by atoms with Gasteiger partial charge in [0.25, 0.3) is 5.91 Å². The molecule has 0 radical (unpaired) electrons. The first-order valence-electron chi connectivity index (χ1n) is 9.46. The molecule has 26 heavy (non-hydrogen) atoms. The molecule has 1 amide bonds. The lowest BCUT2D eigenvalue weighted by molar-refractivity contribution is 0.0740. The lowest BCUT2D eigenvalue weighted by Crippen LogP contribution is -2.49. The van der Waals surface area contributed by atoms with Crippen LogP contribution in [0.4, 0.5) is 5.82 Å². The number of amides is 1. The number of carbonyl (C=O) groups is 1. The summed E-state index contributed by atoms with van der Waals surface area (Å²) in [4.78, 5) is 26.1. The highest BCUT2D eigenvalue weighted by atomic mass is 16.2. The van der Waals surface area contributed by atoms with Crippen LogP contribution in [0.15, 0.2) is 12.1 Å². The minimum Gasteiger partial charge on any atom is -0.353 e. The molecule has 0 aromatic carbocycles. The van der Waals surface area contributed by atoms with Crippen LogP contribution >= 0.6 is 0 Å². The molecular weight excluding hydrogens is 328 g/mol. The second-order valence-electron chi connectivity index (χ2n) is 7.64. The highest BCUT2D eigenvalue weighted by Gasteiger charge is 2.29. The van der Waals surface area contributed by atoms with Crippen LogP contribution in [-0.4, -0.2) is 57.2 Å². The maximum atomic E-state index is 12.7. The quantitative estimate of drug-likeness (QED) is 0.912. The predicted octanol–water partition coefficient (Wildman–Crippen LogP) is 2.47. The number of aryl methyl sites for hydroxylation is 1. The van der Waals surface area contributed by atoms with E-state index in [9.17, 15) is 4.79 Å². The Morgan fingerprint density at radius 3 is 2.54 bits per heavy atom. The van der Waals surface area contributed by atoms with E-state index in [4.69, 9.17) is 4.98 Å². The van der Waals surface area contributed by atoms with Crippen molar-refractivity contribution in [2.45, 2.75) is 45.4 Å². The minimum atomic E-state index is 0.0227. The average molecular weight is 354 g/mol. The Balaban J connectivity index is 1.41. The zero-order valence-corrected chi connectivity index (χ0v) is 15.7. The molecule has 1 N–H and O–H groups in total. The average Bonchev–Trinajstić information content (AvgIpc) is 3.37. The SMILES string of the molecule is Cc1cc(N2CCN(C(=O)c3cc(C4CC4)[nH]n3)CC2)nc(C(C)C)n1. The van der Waals surface area contributed by atoms with Crippen LogP contribution in [0.25, 0.3) is 0 Å². The summed E-state index contributed by atoms with van der Waals surface area (Å²) in [5.74, 6) is 2.75. The van der Waals surface area contributed by atoms with E-state index in [1.807, 2.05) is 24.0 Å². The number of aromatic nitrogens is 4. The van der Waals surface area contributed by atoms with Crippen LogP contribution in [0.1, 0.15) is 66.2 Å². The summed E-state index contributed by atoms with van der Waals surface area (Å²) in [7, 11) is 0. The van der Waals surface area contributed by atoms with E-state index in [0.717, 1.165) is 36.1 Å². The van der Waals surface area contributed by atoms with Crippen molar-refractivity contribution >= 4 is 11.7 Å². The van der Waals surface area contributed by atoms with Gasteiger partial charge < -0.3 is 9.80 Å². The monoisotopic (exact) mass is 354 g/mol. The maximum Gasteiger partial charge on any atom is 0.274 e. The Morgan fingerprint density at radius 2 is 1.88 bits per heavy atom.